The highest BCUT2D eigenvalue weighted by Gasteiger charge is 2.34. The Morgan fingerprint density at radius 2 is 1.84 bits per heavy atom. The average molecular weight is 438 g/mol. The van der Waals surface area contributed by atoms with Gasteiger partial charge in [-0.2, -0.15) is 0 Å². The van der Waals surface area contributed by atoms with Crippen LogP contribution in [0.3, 0.4) is 0 Å². The second kappa shape index (κ2) is 8.65. The van der Waals surface area contributed by atoms with Crippen molar-refractivity contribution in [3.8, 4) is 0 Å². The number of halogens is 1. The van der Waals surface area contributed by atoms with E-state index < -0.39 is 0 Å². The number of likely N-dealkylation sites (N-methyl/N-ethyl adjacent to an activating group) is 1. The van der Waals surface area contributed by atoms with Gasteiger partial charge in [0, 0.05) is 47.4 Å². The predicted molar refractivity (Wildman–Crippen MR) is 124 cm³/mol. The van der Waals surface area contributed by atoms with Crippen molar-refractivity contribution in [1.82, 2.24) is 9.80 Å². The number of nitrogens with one attached hydrogen (secondary N) is 1. The van der Waals surface area contributed by atoms with E-state index in [1.807, 2.05) is 55.4 Å². The van der Waals surface area contributed by atoms with Crippen LogP contribution in [-0.4, -0.2) is 60.6 Å². The Morgan fingerprint density at radius 3 is 2.58 bits per heavy atom. The van der Waals surface area contributed by atoms with Gasteiger partial charge in [0.1, 0.15) is 0 Å². The molecule has 0 spiro atoms. The fourth-order valence-corrected chi connectivity index (χ4v) is 4.16. The Hall–Kier alpha value is -2.96. The number of carbonyl (C=O) groups excluding carboxylic acids is 3. The number of hydrogen-bond acceptors (Lipinski definition) is 4. The van der Waals surface area contributed by atoms with Gasteiger partial charge in [-0.05, 0) is 49.5 Å². The maximum atomic E-state index is 13.5. The number of rotatable bonds is 7. The Morgan fingerprint density at radius 1 is 1.06 bits per heavy atom. The van der Waals surface area contributed by atoms with Crippen molar-refractivity contribution in [2.45, 2.75) is 12.8 Å². The highest BCUT2D eigenvalue weighted by Crippen LogP contribution is 2.38. The molecule has 0 bridgehead atoms. The first-order valence-electron chi connectivity index (χ1n) is 10.3. The second-order valence-corrected chi connectivity index (χ2v) is 8.34. The number of fused-ring (bicyclic) bond motifs is 2. The van der Waals surface area contributed by atoms with Crippen LogP contribution in [0, 0.1) is 0 Å². The second-order valence-electron chi connectivity index (χ2n) is 7.96. The number of imide groups is 1. The molecular weight excluding hydrogens is 414 g/mol. The van der Waals surface area contributed by atoms with Crippen LogP contribution in [0.4, 0.5) is 5.69 Å². The normalized spacial score (nSPS) is 13.5. The van der Waals surface area contributed by atoms with Gasteiger partial charge in [0.25, 0.3) is 11.8 Å². The summed E-state index contributed by atoms with van der Waals surface area (Å²) in [6.07, 6.45) is 0.924. The van der Waals surface area contributed by atoms with E-state index in [1.54, 1.807) is 6.07 Å². The zero-order valence-corrected chi connectivity index (χ0v) is 18.3. The lowest BCUT2D eigenvalue weighted by Gasteiger charge is -2.29. The summed E-state index contributed by atoms with van der Waals surface area (Å²) >= 11 is 5.70. The van der Waals surface area contributed by atoms with Crippen LogP contribution in [0.2, 0.25) is 0 Å². The number of nitrogens with zero attached hydrogens (tertiary/aromatic N) is 2. The minimum Gasteiger partial charge on any atom is -0.326 e. The lowest BCUT2D eigenvalue weighted by atomic mass is 9.89. The SMILES string of the molecule is CN(C)CCN1C(=O)c2cccc3cc4c(NC(=O)CCCCl)cccc4c(c23)C1=O. The number of alkyl halides is 1. The van der Waals surface area contributed by atoms with Crippen molar-refractivity contribution in [3.63, 3.8) is 0 Å². The molecule has 1 aliphatic heterocycles. The third kappa shape index (κ3) is 3.89. The molecule has 1 N–H and O–H groups in total. The van der Waals surface area contributed by atoms with E-state index in [1.165, 1.54) is 4.90 Å². The van der Waals surface area contributed by atoms with Crippen LogP contribution in [0.5, 0.6) is 0 Å². The van der Waals surface area contributed by atoms with E-state index >= 15 is 0 Å². The molecule has 0 saturated heterocycles. The van der Waals surface area contributed by atoms with Crippen molar-refractivity contribution in [1.29, 1.82) is 0 Å². The minimum absolute atomic E-state index is 0.121. The molecule has 0 saturated carbocycles. The molecule has 3 amide bonds. The Labute approximate surface area is 185 Å². The Balaban J connectivity index is 1.89. The van der Waals surface area contributed by atoms with E-state index in [0.717, 1.165) is 16.2 Å². The molecule has 6 nitrogen and oxygen atoms in total. The summed E-state index contributed by atoms with van der Waals surface area (Å²) in [7, 11) is 3.81. The lowest BCUT2D eigenvalue weighted by Crippen LogP contribution is -2.43. The number of anilines is 1. The molecule has 3 aromatic carbocycles. The third-order valence-corrected chi connectivity index (χ3v) is 5.81. The topological polar surface area (TPSA) is 69.7 Å². The van der Waals surface area contributed by atoms with Crippen molar-refractivity contribution < 1.29 is 14.4 Å². The fraction of sp³-hybridized carbons (Fsp3) is 0.292. The van der Waals surface area contributed by atoms with Gasteiger partial charge in [0.05, 0.1) is 5.56 Å². The smallest absolute Gasteiger partial charge is 0.262 e. The van der Waals surface area contributed by atoms with Crippen LogP contribution in [0.25, 0.3) is 21.5 Å². The maximum absolute atomic E-state index is 13.5. The Kier molecular flexibility index (Phi) is 5.94. The molecule has 31 heavy (non-hydrogen) atoms. The summed E-state index contributed by atoms with van der Waals surface area (Å²) in [6, 6.07) is 12.9. The van der Waals surface area contributed by atoms with Gasteiger partial charge < -0.3 is 10.2 Å². The first kappa shape index (κ1) is 21.3. The van der Waals surface area contributed by atoms with Crippen molar-refractivity contribution in [2.24, 2.45) is 0 Å². The summed E-state index contributed by atoms with van der Waals surface area (Å²) < 4.78 is 0. The largest absolute Gasteiger partial charge is 0.326 e. The summed E-state index contributed by atoms with van der Waals surface area (Å²) in [5, 5.41) is 5.93. The van der Waals surface area contributed by atoms with Crippen LogP contribution >= 0.6 is 11.6 Å². The molecule has 0 radical (unpaired) electrons. The maximum Gasteiger partial charge on any atom is 0.262 e. The highest BCUT2D eigenvalue weighted by molar-refractivity contribution is 6.31. The summed E-state index contributed by atoms with van der Waals surface area (Å²) in [5.74, 6) is -0.266. The van der Waals surface area contributed by atoms with E-state index in [-0.39, 0.29) is 17.7 Å². The number of benzene rings is 3. The molecule has 0 fully saturated rings. The van der Waals surface area contributed by atoms with Gasteiger partial charge in [-0.25, -0.2) is 0 Å². The molecule has 3 aromatic rings. The van der Waals surface area contributed by atoms with Gasteiger partial charge >= 0.3 is 0 Å². The average Bonchev–Trinajstić information content (AvgIpc) is 2.75. The van der Waals surface area contributed by atoms with E-state index in [0.29, 0.717) is 54.0 Å². The molecule has 0 aromatic heterocycles. The molecular formula is C24H24ClN3O3. The number of carbonyl (C=O) groups is 3. The molecule has 160 valence electrons. The monoisotopic (exact) mass is 437 g/mol. The summed E-state index contributed by atoms with van der Waals surface area (Å²) in [5.41, 5.74) is 1.69. The molecule has 4 rings (SSSR count). The zero-order chi connectivity index (χ0) is 22.1. The van der Waals surface area contributed by atoms with Crippen molar-refractivity contribution in [3.05, 3.63) is 53.6 Å². The standard InChI is InChI=1S/C24H24ClN3O3/c1-27(2)12-13-28-23(30)17-8-3-6-15-14-18-16(22(21(15)17)24(28)31)7-4-9-19(18)26-20(29)10-5-11-25/h3-4,6-9,14H,5,10-13H2,1-2H3,(H,26,29). The summed E-state index contributed by atoms with van der Waals surface area (Å²) in [6.45, 7) is 0.890. The predicted octanol–water partition coefficient (Wildman–Crippen LogP) is 4.11. The van der Waals surface area contributed by atoms with Gasteiger partial charge in [0.2, 0.25) is 5.91 Å². The first-order valence-corrected chi connectivity index (χ1v) is 10.8. The summed E-state index contributed by atoms with van der Waals surface area (Å²) in [4.78, 5) is 42.2. The minimum atomic E-state index is -0.299. The van der Waals surface area contributed by atoms with Crippen LogP contribution in [-0.2, 0) is 4.79 Å². The van der Waals surface area contributed by atoms with Crippen molar-refractivity contribution >= 4 is 56.6 Å². The lowest BCUT2D eigenvalue weighted by molar-refractivity contribution is -0.116. The van der Waals surface area contributed by atoms with Gasteiger partial charge in [-0.3, -0.25) is 19.3 Å². The number of hydrogen-bond donors (Lipinski definition) is 1. The number of amides is 3. The molecule has 0 unspecified atom stereocenters. The molecule has 0 atom stereocenters. The Bertz CT molecular complexity index is 1210. The highest BCUT2D eigenvalue weighted by atomic mass is 35.5. The first-order chi connectivity index (χ1) is 14.9. The van der Waals surface area contributed by atoms with Crippen LogP contribution in [0.1, 0.15) is 33.6 Å². The van der Waals surface area contributed by atoms with Gasteiger partial charge in [-0.1, -0.05) is 24.3 Å². The molecule has 1 aliphatic rings. The van der Waals surface area contributed by atoms with E-state index in [4.69, 9.17) is 11.6 Å². The molecule has 1 heterocycles. The fourth-order valence-electron chi connectivity index (χ4n) is 4.02. The molecule has 0 aliphatic carbocycles. The zero-order valence-electron chi connectivity index (χ0n) is 17.6. The van der Waals surface area contributed by atoms with Crippen LogP contribution in [0.15, 0.2) is 42.5 Å². The van der Waals surface area contributed by atoms with Crippen LogP contribution < -0.4 is 5.32 Å². The van der Waals surface area contributed by atoms with Gasteiger partial charge in [0.15, 0.2) is 0 Å². The van der Waals surface area contributed by atoms with Crippen molar-refractivity contribution in [2.75, 3.05) is 38.4 Å². The third-order valence-electron chi connectivity index (χ3n) is 5.54. The molecule has 7 heteroatoms. The van der Waals surface area contributed by atoms with Gasteiger partial charge in [-0.15, -0.1) is 11.6 Å². The van der Waals surface area contributed by atoms with E-state index in [9.17, 15) is 14.4 Å². The quantitative estimate of drug-likeness (QED) is 0.343. The van der Waals surface area contributed by atoms with E-state index in [2.05, 4.69) is 5.32 Å².